The third kappa shape index (κ3) is 2.47. The fraction of sp³-hybridized carbons (Fsp3) is 0.353. The lowest BCUT2D eigenvalue weighted by Gasteiger charge is -2.40. The first-order chi connectivity index (χ1) is 10.2. The monoisotopic (exact) mass is 285 g/mol. The molecular formula is C17H19NO3. The van der Waals surface area contributed by atoms with Crippen LogP contribution in [0.3, 0.4) is 0 Å². The van der Waals surface area contributed by atoms with E-state index in [0.29, 0.717) is 17.5 Å². The number of ether oxygens (including phenoxy) is 1. The highest BCUT2D eigenvalue weighted by Crippen LogP contribution is 2.34. The quantitative estimate of drug-likeness (QED) is 0.908. The Bertz CT molecular complexity index is 671. The zero-order chi connectivity index (χ0) is 14.9. The van der Waals surface area contributed by atoms with E-state index in [-0.39, 0.29) is 17.3 Å². The van der Waals surface area contributed by atoms with E-state index in [0.717, 1.165) is 24.6 Å². The molecule has 1 saturated carbocycles. The number of phenols is 1. The fourth-order valence-electron chi connectivity index (χ4n) is 2.80. The Balaban J connectivity index is 1.80. The number of rotatable bonds is 4. The Morgan fingerprint density at radius 1 is 1.29 bits per heavy atom. The second-order valence-electron chi connectivity index (χ2n) is 5.61. The van der Waals surface area contributed by atoms with E-state index in [1.807, 2.05) is 30.3 Å². The first kappa shape index (κ1) is 13.9. The summed E-state index contributed by atoms with van der Waals surface area (Å²) in [6.07, 6.45) is 3.06. The molecule has 1 amide bonds. The van der Waals surface area contributed by atoms with Crippen molar-refractivity contribution < 1.29 is 14.6 Å². The van der Waals surface area contributed by atoms with Crippen LogP contribution in [0.2, 0.25) is 0 Å². The summed E-state index contributed by atoms with van der Waals surface area (Å²) in [6.45, 7) is 0.481. The molecule has 1 aliphatic carbocycles. The molecule has 0 unspecified atom stereocenters. The maximum absolute atomic E-state index is 12.3. The number of carbonyl (C=O) groups is 1. The zero-order valence-electron chi connectivity index (χ0n) is 12.1. The van der Waals surface area contributed by atoms with Crippen LogP contribution in [0.1, 0.15) is 29.6 Å². The van der Waals surface area contributed by atoms with Gasteiger partial charge in [-0.2, -0.15) is 0 Å². The maximum atomic E-state index is 12.3. The highest BCUT2D eigenvalue weighted by Gasteiger charge is 2.37. The van der Waals surface area contributed by atoms with Gasteiger partial charge in [-0.3, -0.25) is 4.79 Å². The van der Waals surface area contributed by atoms with Crippen LogP contribution in [0, 0.1) is 0 Å². The van der Waals surface area contributed by atoms with Crippen LogP contribution in [-0.4, -0.2) is 30.3 Å². The van der Waals surface area contributed by atoms with Crippen molar-refractivity contribution in [3.05, 3.63) is 42.0 Å². The van der Waals surface area contributed by atoms with E-state index >= 15 is 0 Å². The predicted molar refractivity (Wildman–Crippen MR) is 81.5 cm³/mol. The van der Waals surface area contributed by atoms with Crippen LogP contribution >= 0.6 is 0 Å². The van der Waals surface area contributed by atoms with Gasteiger partial charge in [0.25, 0.3) is 5.91 Å². The summed E-state index contributed by atoms with van der Waals surface area (Å²) >= 11 is 0. The molecule has 0 spiro atoms. The molecule has 21 heavy (non-hydrogen) atoms. The number of hydrogen-bond acceptors (Lipinski definition) is 3. The molecule has 0 atom stereocenters. The van der Waals surface area contributed by atoms with Crippen molar-refractivity contribution in [1.29, 1.82) is 0 Å². The van der Waals surface area contributed by atoms with Gasteiger partial charge in [-0.15, -0.1) is 0 Å². The second kappa shape index (κ2) is 5.37. The topological polar surface area (TPSA) is 58.6 Å². The molecule has 0 bridgehead atoms. The Morgan fingerprint density at radius 3 is 2.71 bits per heavy atom. The fourth-order valence-corrected chi connectivity index (χ4v) is 2.80. The summed E-state index contributed by atoms with van der Waals surface area (Å²) in [7, 11) is 1.68. The van der Waals surface area contributed by atoms with E-state index in [4.69, 9.17) is 4.74 Å². The Morgan fingerprint density at radius 2 is 2.05 bits per heavy atom. The smallest absolute Gasteiger partial charge is 0.255 e. The van der Waals surface area contributed by atoms with Gasteiger partial charge in [0, 0.05) is 19.0 Å². The van der Waals surface area contributed by atoms with Gasteiger partial charge in [0.15, 0.2) is 0 Å². The van der Waals surface area contributed by atoms with Gasteiger partial charge in [-0.05, 0) is 30.7 Å². The number of nitrogens with one attached hydrogen (secondary N) is 1. The molecule has 110 valence electrons. The summed E-state index contributed by atoms with van der Waals surface area (Å²) in [5, 5.41) is 14.8. The maximum Gasteiger partial charge on any atom is 0.255 e. The number of aromatic hydroxyl groups is 1. The van der Waals surface area contributed by atoms with Crippen molar-refractivity contribution in [3.8, 4) is 5.75 Å². The van der Waals surface area contributed by atoms with E-state index in [2.05, 4.69) is 5.32 Å². The zero-order valence-corrected chi connectivity index (χ0v) is 12.1. The van der Waals surface area contributed by atoms with Gasteiger partial charge in [0.05, 0.1) is 11.2 Å². The SMILES string of the molecule is COC1(CNC(=O)c2ccc3ccccc3c2O)CCC1. The van der Waals surface area contributed by atoms with Gasteiger partial charge in [0.2, 0.25) is 0 Å². The third-order valence-corrected chi connectivity index (χ3v) is 4.41. The molecule has 4 nitrogen and oxygen atoms in total. The third-order valence-electron chi connectivity index (χ3n) is 4.41. The number of amides is 1. The largest absolute Gasteiger partial charge is 0.506 e. The molecule has 0 heterocycles. The van der Waals surface area contributed by atoms with Crippen molar-refractivity contribution in [2.75, 3.05) is 13.7 Å². The van der Waals surface area contributed by atoms with Gasteiger partial charge in [-0.25, -0.2) is 0 Å². The minimum Gasteiger partial charge on any atom is -0.506 e. The van der Waals surface area contributed by atoms with E-state index < -0.39 is 0 Å². The van der Waals surface area contributed by atoms with Crippen LogP contribution in [0.15, 0.2) is 36.4 Å². The van der Waals surface area contributed by atoms with Crippen molar-refractivity contribution >= 4 is 16.7 Å². The number of phenolic OH excluding ortho intramolecular Hbond substituents is 1. The lowest BCUT2D eigenvalue weighted by Crippen LogP contribution is -2.49. The van der Waals surface area contributed by atoms with Crippen LogP contribution in [-0.2, 0) is 4.74 Å². The van der Waals surface area contributed by atoms with Crippen LogP contribution < -0.4 is 5.32 Å². The Labute approximate surface area is 123 Å². The van der Waals surface area contributed by atoms with Crippen LogP contribution in [0.25, 0.3) is 10.8 Å². The number of methoxy groups -OCH3 is 1. The van der Waals surface area contributed by atoms with Crippen molar-refractivity contribution in [3.63, 3.8) is 0 Å². The Kier molecular flexibility index (Phi) is 3.55. The molecule has 2 aromatic carbocycles. The molecule has 0 aromatic heterocycles. The van der Waals surface area contributed by atoms with Gasteiger partial charge in [0.1, 0.15) is 5.75 Å². The number of benzene rings is 2. The molecule has 1 fully saturated rings. The summed E-state index contributed by atoms with van der Waals surface area (Å²) in [5.74, 6) is -0.229. The number of fused-ring (bicyclic) bond motifs is 1. The first-order valence-electron chi connectivity index (χ1n) is 7.19. The molecule has 0 radical (unpaired) electrons. The van der Waals surface area contributed by atoms with Gasteiger partial charge in [-0.1, -0.05) is 30.3 Å². The highest BCUT2D eigenvalue weighted by atomic mass is 16.5. The van der Waals surface area contributed by atoms with E-state index in [1.165, 1.54) is 0 Å². The molecule has 3 rings (SSSR count). The minimum atomic E-state index is -0.262. The van der Waals surface area contributed by atoms with Crippen LogP contribution in [0.5, 0.6) is 5.75 Å². The van der Waals surface area contributed by atoms with E-state index in [9.17, 15) is 9.90 Å². The molecule has 0 saturated heterocycles. The summed E-state index contributed by atoms with van der Waals surface area (Å²) in [5.41, 5.74) is 0.0848. The number of carbonyl (C=O) groups excluding carboxylic acids is 1. The van der Waals surface area contributed by atoms with Gasteiger partial charge >= 0.3 is 0 Å². The van der Waals surface area contributed by atoms with Gasteiger partial charge < -0.3 is 15.2 Å². The molecule has 2 aromatic rings. The normalized spacial score (nSPS) is 16.4. The standard InChI is InChI=1S/C17H19NO3/c1-21-17(9-4-10-17)11-18-16(20)14-8-7-12-5-2-3-6-13(12)15(14)19/h2-3,5-8,19H,4,9-11H2,1H3,(H,18,20). The minimum absolute atomic E-state index is 0.0330. The van der Waals surface area contributed by atoms with Crippen molar-refractivity contribution in [2.24, 2.45) is 0 Å². The highest BCUT2D eigenvalue weighted by molar-refractivity contribution is 6.03. The second-order valence-corrected chi connectivity index (χ2v) is 5.61. The van der Waals surface area contributed by atoms with Crippen molar-refractivity contribution in [2.45, 2.75) is 24.9 Å². The average Bonchev–Trinajstić information content (AvgIpc) is 2.47. The van der Waals surface area contributed by atoms with Crippen molar-refractivity contribution in [1.82, 2.24) is 5.32 Å². The van der Waals surface area contributed by atoms with Crippen LogP contribution in [0.4, 0.5) is 0 Å². The molecule has 2 N–H and O–H groups in total. The molecule has 0 aliphatic heterocycles. The lowest BCUT2D eigenvalue weighted by molar-refractivity contribution is -0.0679. The molecule has 4 heteroatoms. The number of hydrogen-bond donors (Lipinski definition) is 2. The van der Waals surface area contributed by atoms with E-state index in [1.54, 1.807) is 13.2 Å². The summed E-state index contributed by atoms with van der Waals surface area (Å²) in [6, 6.07) is 11.0. The Hall–Kier alpha value is -2.07. The lowest BCUT2D eigenvalue weighted by atomic mass is 9.80. The predicted octanol–water partition coefficient (Wildman–Crippen LogP) is 2.84. The summed E-state index contributed by atoms with van der Waals surface area (Å²) < 4.78 is 5.48. The average molecular weight is 285 g/mol. The molecule has 1 aliphatic rings. The summed E-state index contributed by atoms with van der Waals surface area (Å²) in [4.78, 5) is 12.3. The molecular weight excluding hydrogens is 266 g/mol. The first-order valence-corrected chi connectivity index (χ1v) is 7.19.